The molecule has 11 heteroatoms. The fourth-order valence-electron chi connectivity index (χ4n) is 6.06. The van der Waals surface area contributed by atoms with Gasteiger partial charge in [0.15, 0.2) is 0 Å². The van der Waals surface area contributed by atoms with Crippen molar-refractivity contribution in [1.82, 2.24) is 25.1 Å². The fraction of sp³-hybridized carbons (Fsp3) is 0.533. The zero-order chi connectivity index (χ0) is 29.0. The van der Waals surface area contributed by atoms with Crippen LogP contribution in [-0.4, -0.2) is 57.0 Å². The van der Waals surface area contributed by atoms with Gasteiger partial charge in [-0.05, 0) is 83.4 Å². The number of ether oxygens (including phenoxy) is 2. The number of carbonyl (C=O) groups is 1. The molecular formula is C30H38ClN7O3. The Balaban J connectivity index is 1.16. The minimum Gasteiger partial charge on any atom is -0.466 e. The molecule has 2 aromatic heterocycles. The highest BCUT2D eigenvalue weighted by Gasteiger charge is 2.50. The summed E-state index contributed by atoms with van der Waals surface area (Å²) < 4.78 is 14.1. The molecule has 0 bridgehead atoms. The predicted octanol–water partition coefficient (Wildman–Crippen LogP) is 4.56. The summed E-state index contributed by atoms with van der Waals surface area (Å²) in [5.41, 5.74) is 8.06. The number of aryl methyl sites for hydroxylation is 1. The van der Waals surface area contributed by atoms with Gasteiger partial charge in [-0.3, -0.25) is 4.79 Å². The highest BCUT2D eigenvalue weighted by atomic mass is 35.5. The average Bonchev–Trinajstić information content (AvgIpc) is 3.34. The number of halogens is 1. The molecule has 3 N–H and O–H groups in total. The van der Waals surface area contributed by atoms with Crippen molar-refractivity contribution in [2.45, 2.75) is 77.0 Å². The molecule has 2 aliphatic heterocycles. The van der Waals surface area contributed by atoms with Crippen LogP contribution in [0.2, 0.25) is 5.02 Å². The summed E-state index contributed by atoms with van der Waals surface area (Å²) >= 11 is 6.37. The van der Waals surface area contributed by atoms with Gasteiger partial charge in [0.25, 0.3) is 0 Å². The van der Waals surface area contributed by atoms with E-state index in [9.17, 15) is 4.79 Å². The molecule has 3 fully saturated rings. The molecule has 1 aromatic carbocycles. The normalized spacial score (nSPS) is 21.2. The quantitative estimate of drug-likeness (QED) is 0.405. The minimum absolute atomic E-state index is 0.0733. The Bertz CT molecular complexity index is 1450. The number of hydrogen-bond donors (Lipinski definition) is 2. The molecule has 10 nitrogen and oxygen atoms in total. The summed E-state index contributed by atoms with van der Waals surface area (Å²) in [6.45, 7) is 10.1. The van der Waals surface area contributed by atoms with Crippen LogP contribution in [0.1, 0.15) is 64.1 Å². The first kappa shape index (κ1) is 27.8. The molecule has 3 aliphatic rings. The van der Waals surface area contributed by atoms with Crippen molar-refractivity contribution >= 4 is 29.3 Å². The van der Waals surface area contributed by atoms with Gasteiger partial charge in [0.05, 0.1) is 11.4 Å². The van der Waals surface area contributed by atoms with Crippen LogP contribution in [0.3, 0.4) is 0 Å². The topological polar surface area (TPSA) is 120 Å². The molecule has 1 atom stereocenters. The van der Waals surface area contributed by atoms with Crippen LogP contribution in [0.15, 0.2) is 36.5 Å². The highest BCUT2D eigenvalue weighted by Crippen LogP contribution is 2.51. The molecule has 0 unspecified atom stereocenters. The maximum atomic E-state index is 12.6. The van der Waals surface area contributed by atoms with Crippen LogP contribution >= 0.6 is 11.6 Å². The largest absolute Gasteiger partial charge is 0.466 e. The lowest BCUT2D eigenvalue weighted by Crippen LogP contribution is -2.41. The van der Waals surface area contributed by atoms with Crippen molar-refractivity contribution in [3.8, 4) is 11.6 Å². The van der Waals surface area contributed by atoms with Gasteiger partial charge in [-0.25, -0.2) is 4.68 Å². The van der Waals surface area contributed by atoms with E-state index < -0.39 is 11.2 Å². The van der Waals surface area contributed by atoms with Gasteiger partial charge < -0.3 is 25.4 Å². The molecule has 3 aromatic rings. The predicted molar refractivity (Wildman–Crippen MR) is 157 cm³/mol. The number of aromatic nitrogens is 4. The Morgan fingerprint density at radius 3 is 2.54 bits per heavy atom. The van der Waals surface area contributed by atoms with Gasteiger partial charge in [0.2, 0.25) is 11.8 Å². The van der Waals surface area contributed by atoms with E-state index in [4.69, 9.17) is 26.8 Å². The van der Waals surface area contributed by atoms with E-state index in [2.05, 4.69) is 25.3 Å². The van der Waals surface area contributed by atoms with E-state index in [-0.39, 0.29) is 23.4 Å². The first-order valence-corrected chi connectivity index (χ1v) is 14.7. The maximum absolute atomic E-state index is 12.6. The van der Waals surface area contributed by atoms with Crippen molar-refractivity contribution in [2.24, 2.45) is 5.41 Å². The second kappa shape index (κ2) is 10.2. The molecule has 6 rings (SSSR count). The van der Waals surface area contributed by atoms with E-state index >= 15 is 0 Å². The van der Waals surface area contributed by atoms with Crippen LogP contribution in [0.5, 0.6) is 5.88 Å². The van der Waals surface area contributed by atoms with Gasteiger partial charge in [0.1, 0.15) is 23.1 Å². The number of carbonyl (C=O) groups excluding carboxylic acids is 1. The van der Waals surface area contributed by atoms with Crippen molar-refractivity contribution in [1.29, 1.82) is 0 Å². The lowest BCUT2D eigenvalue weighted by Gasteiger charge is -2.39. The Labute approximate surface area is 245 Å². The molecule has 1 spiro atoms. The molecule has 218 valence electrons. The molecule has 0 amide bonds. The summed E-state index contributed by atoms with van der Waals surface area (Å²) in [7, 11) is 0. The standard InChI is InChI=1S/C30H38ClN7O3/c1-19-7-12-38(36-19)23-15-20(31)5-6-21(23)30(8-9-30)40-25-16-24(34-27(32)35-25)37-13-10-29(11-14-37)17-22(33-18-29)26(39)41-28(2,3)4/h5-7,12,15-16,22,33H,8-11,13-14,17-18H2,1-4H3,(H2,32,34,35)/t22-/m0/s1. The molecule has 4 heterocycles. The Hall–Kier alpha value is -3.37. The van der Waals surface area contributed by atoms with Crippen molar-refractivity contribution in [3.05, 3.63) is 52.8 Å². The third-order valence-corrected chi connectivity index (χ3v) is 8.57. The Morgan fingerprint density at radius 1 is 1.12 bits per heavy atom. The third kappa shape index (κ3) is 5.85. The van der Waals surface area contributed by atoms with Crippen LogP contribution in [0, 0.1) is 12.3 Å². The summed E-state index contributed by atoms with van der Waals surface area (Å²) in [5, 5.41) is 8.65. The lowest BCUT2D eigenvalue weighted by molar-refractivity contribution is -0.157. The summed E-state index contributed by atoms with van der Waals surface area (Å²) in [6, 6.07) is 9.41. The summed E-state index contributed by atoms with van der Waals surface area (Å²) in [5.74, 6) is 1.23. The maximum Gasteiger partial charge on any atom is 0.323 e. The van der Waals surface area contributed by atoms with Crippen molar-refractivity contribution in [3.63, 3.8) is 0 Å². The highest BCUT2D eigenvalue weighted by molar-refractivity contribution is 6.30. The number of esters is 1. The van der Waals surface area contributed by atoms with E-state index in [1.807, 2.05) is 68.9 Å². The van der Waals surface area contributed by atoms with Gasteiger partial charge >= 0.3 is 5.97 Å². The molecular weight excluding hydrogens is 542 g/mol. The monoisotopic (exact) mass is 579 g/mol. The number of piperidine rings is 1. The van der Waals surface area contributed by atoms with Gasteiger partial charge in [-0.1, -0.05) is 17.7 Å². The Kier molecular flexibility index (Phi) is 6.89. The minimum atomic E-state index is -0.532. The lowest BCUT2D eigenvalue weighted by atomic mass is 9.76. The number of rotatable bonds is 6. The zero-order valence-electron chi connectivity index (χ0n) is 24.1. The number of nitrogens with two attached hydrogens (primary N) is 1. The molecule has 0 radical (unpaired) electrons. The molecule has 1 saturated carbocycles. The summed E-state index contributed by atoms with van der Waals surface area (Å²) in [6.07, 6.45) is 6.30. The van der Waals surface area contributed by atoms with E-state index in [0.717, 1.165) is 74.5 Å². The van der Waals surface area contributed by atoms with Crippen LogP contribution < -0.4 is 20.7 Å². The number of nitrogen functional groups attached to an aromatic ring is 1. The first-order valence-electron chi connectivity index (χ1n) is 14.3. The van der Waals surface area contributed by atoms with Gasteiger partial charge in [-0.15, -0.1) is 0 Å². The molecule has 1 aliphatic carbocycles. The molecule has 2 saturated heterocycles. The number of nitrogens with zero attached hydrogens (tertiary/aromatic N) is 5. The number of benzene rings is 1. The zero-order valence-corrected chi connectivity index (χ0v) is 24.9. The van der Waals surface area contributed by atoms with Crippen molar-refractivity contribution in [2.75, 3.05) is 30.3 Å². The van der Waals surface area contributed by atoms with Crippen molar-refractivity contribution < 1.29 is 14.3 Å². The van der Waals surface area contributed by atoms with Gasteiger partial charge in [-0.2, -0.15) is 15.1 Å². The first-order chi connectivity index (χ1) is 19.4. The molecule has 41 heavy (non-hydrogen) atoms. The summed E-state index contributed by atoms with van der Waals surface area (Å²) in [4.78, 5) is 23.9. The smallest absolute Gasteiger partial charge is 0.323 e. The average molecular weight is 580 g/mol. The third-order valence-electron chi connectivity index (χ3n) is 8.33. The number of hydrogen-bond acceptors (Lipinski definition) is 9. The number of nitrogens with one attached hydrogen (secondary N) is 1. The second-order valence-electron chi connectivity index (χ2n) is 12.7. The van der Waals surface area contributed by atoms with Crippen LogP contribution in [0.25, 0.3) is 5.69 Å². The van der Waals surface area contributed by atoms with Crippen LogP contribution in [-0.2, 0) is 15.1 Å². The van der Waals surface area contributed by atoms with E-state index in [1.54, 1.807) is 0 Å². The second-order valence-corrected chi connectivity index (χ2v) is 13.2. The van der Waals surface area contributed by atoms with E-state index in [0.29, 0.717) is 10.9 Å². The fourth-order valence-corrected chi connectivity index (χ4v) is 6.23. The van der Waals surface area contributed by atoms with E-state index in [1.165, 1.54) is 0 Å². The SMILES string of the molecule is Cc1ccn(-c2cc(Cl)ccc2C2(Oc3cc(N4CCC5(CC4)CN[C@H](C(=O)OC(C)(C)C)C5)nc(N)n3)CC2)n1. The Morgan fingerprint density at radius 2 is 1.88 bits per heavy atom. The van der Waals surface area contributed by atoms with Gasteiger partial charge in [0, 0.05) is 42.5 Å². The van der Waals surface area contributed by atoms with Crippen LogP contribution in [0.4, 0.5) is 11.8 Å². The number of anilines is 2.